The zero-order valence-electron chi connectivity index (χ0n) is 11.7. The predicted octanol–water partition coefficient (Wildman–Crippen LogP) is 2.70. The Balaban J connectivity index is 3.75. The summed E-state index contributed by atoms with van der Waals surface area (Å²) in [5.74, 6) is 1.28. The van der Waals surface area contributed by atoms with Gasteiger partial charge in [-0.05, 0) is 17.8 Å². The molecule has 5 heteroatoms. The topological polar surface area (TPSA) is 38.3 Å². The first kappa shape index (κ1) is 17.3. The maximum atomic E-state index is 11.8. The van der Waals surface area contributed by atoms with Crippen LogP contribution in [0.5, 0.6) is 0 Å². The summed E-state index contributed by atoms with van der Waals surface area (Å²) in [6.45, 7) is 8.58. The van der Waals surface area contributed by atoms with E-state index in [2.05, 4.69) is 37.7 Å². The smallest absolute Gasteiger partial charge is 0.261 e. The summed E-state index contributed by atoms with van der Waals surface area (Å²) in [6, 6.07) is 0. The van der Waals surface area contributed by atoms with Crippen molar-refractivity contribution >= 4 is 5.91 Å². The van der Waals surface area contributed by atoms with E-state index >= 15 is 0 Å². The molecule has 0 aliphatic heterocycles. The van der Waals surface area contributed by atoms with E-state index in [1.165, 1.54) is 0 Å². The highest BCUT2D eigenvalue weighted by Gasteiger charge is 2.18. The Labute approximate surface area is 108 Å². The Bertz CT molecular complexity index is 225. The number of halogens is 2. The van der Waals surface area contributed by atoms with E-state index in [-0.39, 0.29) is 18.9 Å². The van der Waals surface area contributed by atoms with Crippen molar-refractivity contribution in [3.63, 3.8) is 0 Å². The van der Waals surface area contributed by atoms with Crippen molar-refractivity contribution in [2.24, 2.45) is 17.8 Å². The van der Waals surface area contributed by atoms with Crippen LogP contribution in [-0.4, -0.2) is 32.1 Å². The fourth-order valence-electron chi connectivity index (χ4n) is 1.90. The first-order valence-electron chi connectivity index (χ1n) is 6.47. The quantitative estimate of drug-likeness (QED) is 0.651. The summed E-state index contributed by atoms with van der Waals surface area (Å²) < 4.78 is 28.2. The van der Waals surface area contributed by atoms with Crippen LogP contribution in [0.1, 0.15) is 34.1 Å². The predicted molar refractivity (Wildman–Crippen MR) is 67.6 cm³/mol. The summed E-state index contributed by atoms with van der Waals surface area (Å²) in [6.07, 6.45) is -2.34. The molecule has 0 radical (unpaired) electrons. The van der Waals surface area contributed by atoms with Gasteiger partial charge >= 0.3 is 0 Å². The first-order valence-corrected chi connectivity index (χ1v) is 6.47. The number of hydrogen-bond donors (Lipinski definition) is 1. The van der Waals surface area contributed by atoms with Gasteiger partial charge in [-0.3, -0.25) is 4.79 Å². The summed E-state index contributed by atoms with van der Waals surface area (Å²) in [7, 11) is 0. The lowest BCUT2D eigenvalue weighted by Crippen LogP contribution is -2.34. The summed E-state index contributed by atoms with van der Waals surface area (Å²) in [5, 5.41) is 2.83. The molecule has 0 heterocycles. The highest BCUT2D eigenvalue weighted by atomic mass is 19.3. The van der Waals surface area contributed by atoms with Crippen LogP contribution in [-0.2, 0) is 9.53 Å². The Morgan fingerprint density at radius 2 is 1.72 bits per heavy atom. The van der Waals surface area contributed by atoms with Gasteiger partial charge in [0.25, 0.3) is 6.43 Å². The van der Waals surface area contributed by atoms with Gasteiger partial charge in [0.15, 0.2) is 0 Å². The molecule has 0 atom stereocenters. The SMILES string of the molecule is CC(C)C(CNC(=O)CCOCC(F)F)C(C)C. The largest absolute Gasteiger partial charge is 0.375 e. The van der Waals surface area contributed by atoms with Crippen molar-refractivity contribution in [3.8, 4) is 0 Å². The van der Waals surface area contributed by atoms with Gasteiger partial charge in [-0.15, -0.1) is 0 Å². The fraction of sp³-hybridized carbons (Fsp3) is 0.923. The minimum atomic E-state index is -2.47. The second-order valence-corrected chi connectivity index (χ2v) is 5.17. The summed E-state index contributed by atoms with van der Waals surface area (Å²) >= 11 is 0. The molecular weight excluding hydrogens is 240 g/mol. The highest BCUT2D eigenvalue weighted by molar-refractivity contribution is 5.75. The van der Waals surface area contributed by atoms with Crippen molar-refractivity contribution in [3.05, 3.63) is 0 Å². The lowest BCUT2D eigenvalue weighted by molar-refractivity contribution is -0.122. The number of alkyl halides is 2. The summed E-state index contributed by atoms with van der Waals surface area (Å²) in [5.41, 5.74) is 0. The molecule has 0 saturated carbocycles. The second kappa shape index (κ2) is 9.25. The molecule has 0 aromatic heterocycles. The van der Waals surface area contributed by atoms with Crippen LogP contribution in [0.4, 0.5) is 8.78 Å². The van der Waals surface area contributed by atoms with E-state index in [1.807, 2.05) is 0 Å². The van der Waals surface area contributed by atoms with Crippen molar-refractivity contribution in [2.45, 2.75) is 40.5 Å². The Hall–Kier alpha value is -0.710. The molecule has 0 saturated heterocycles. The van der Waals surface area contributed by atoms with Crippen LogP contribution in [0.25, 0.3) is 0 Å². The molecular formula is C13H25F2NO2. The lowest BCUT2D eigenvalue weighted by atomic mass is 9.85. The molecule has 18 heavy (non-hydrogen) atoms. The molecule has 108 valence electrons. The average Bonchev–Trinajstić information content (AvgIpc) is 2.23. The van der Waals surface area contributed by atoms with Gasteiger partial charge in [0.1, 0.15) is 6.61 Å². The number of carbonyl (C=O) groups excluding carboxylic acids is 1. The van der Waals surface area contributed by atoms with Crippen molar-refractivity contribution in [1.29, 1.82) is 0 Å². The lowest BCUT2D eigenvalue weighted by Gasteiger charge is -2.25. The van der Waals surface area contributed by atoms with Gasteiger partial charge < -0.3 is 10.1 Å². The molecule has 0 fully saturated rings. The van der Waals surface area contributed by atoms with Crippen molar-refractivity contribution < 1.29 is 18.3 Å². The number of ether oxygens (including phenoxy) is 1. The zero-order valence-corrected chi connectivity index (χ0v) is 11.7. The van der Waals surface area contributed by atoms with Gasteiger partial charge in [0.05, 0.1) is 6.61 Å². The van der Waals surface area contributed by atoms with Crippen LogP contribution in [0.3, 0.4) is 0 Å². The number of carbonyl (C=O) groups is 1. The average molecular weight is 265 g/mol. The Morgan fingerprint density at radius 1 is 1.17 bits per heavy atom. The van der Waals surface area contributed by atoms with Crippen LogP contribution < -0.4 is 5.32 Å². The third-order valence-electron chi connectivity index (χ3n) is 2.96. The number of hydrogen-bond acceptors (Lipinski definition) is 2. The molecule has 0 unspecified atom stereocenters. The van der Waals surface area contributed by atoms with E-state index in [0.717, 1.165) is 0 Å². The fourth-order valence-corrected chi connectivity index (χ4v) is 1.90. The van der Waals surface area contributed by atoms with E-state index < -0.39 is 13.0 Å². The van der Waals surface area contributed by atoms with Crippen LogP contribution >= 0.6 is 0 Å². The van der Waals surface area contributed by atoms with Gasteiger partial charge in [0.2, 0.25) is 5.91 Å². The van der Waals surface area contributed by atoms with E-state index in [4.69, 9.17) is 0 Å². The third kappa shape index (κ3) is 8.39. The Kier molecular flexibility index (Phi) is 8.89. The maximum absolute atomic E-state index is 11.8. The van der Waals surface area contributed by atoms with Gasteiger partial charge in [-0.2, -0.15) is 0 Å². The molecule has 1 N–H and O–H groups in total. The van der Waals surface area contributed by atoms with E-state index in [1.54, 1.807) is 0 Å². The molecule has 0 aromatic rings. The van der Waals surface area contributed by atoms with E-state index in [9.17, 15) is 13.6 Å². The monoisotopic (exact) mass is 265 g/mol. The van der Waals surface area contributed by atoms with Crippen LogP contribution in [0, 0.1) is 17.8 Å². The second-order valence-electron chi connectivity index (χ2n) is 5.17. The van der Waals surface area contributed by atoms with Crippen LogP contribution in [0.2, 0.25) is 0 Å². The minimum absolute atomic E-state index is 0.0458. The van der Waals surface area contributed by atoms with Crippen molar-refractivity contribution in [1.82, 2.24) is 5.32 Å². The maximum Gasteiger partial charge on any atom is 0.261 e. The number of amides is 1. The molecule has 0 spiro atoms. The minimum Gasteiger partial charge on any atom is -0.375 e. The zero-order chi connectivity index (χ0) is 14.1. The summed E-state index contributed by atoms with van der Waals surface area (Å²) in [4.78, 5) is 11.5. The molecule has 0 aromatic carbocycles. The van der Waals surface area contributed by atoms with Gasteiger partial charge in [0, 0.05) is 13.0 Å². The van der Waals surface area contributed by atoms with Crippen LogP contribution in [0.15, 0.2) is 0 Å². The molecule has 3 nitrogen and oxygen atoms in total. The first-order chi connectivity index (χ1) is 8.34. The third-order valence-corrected chi connectivity index (χ3v) is 2.96. The molecule has 1 amide bonds. The van der Waals surface area contributed by atoms with E-state index in [0.29, 0.717) is 24.3 Å². The van der Waals surface area contributed by atoms with Crippen molar-refractivity contribution in [2.75, 3.05) is 19.8 Å². The van der Waals surface area contributed by atoms with Gasteiger partial charge in [-0.1, -0.05) is 27.7 Å². The molecule has 0 rings (SSSR count). The Morgan fingerprint density at radius 3 is 2.17 bits per heavy atom. The standard InChI is InChI=1S/C13H25F2NO2/c1-9(2)11(10(3)4)7-16-13(17)5-6-18-8-12(14)15/h9-12H,5-8H2,1-4H3,(H,16,17). The number of rotatable bonds is 9. The highest BCUT2D eigenvalue weighted by Crippen LogP contribution is 2.19. The van der Waals surface area contributed by atoms with Gasteiger partial charge in [-0.25, -0.2) is 8.78 Å². The molecule has 0 aliphatic rings. The molecule has 0 bridgehead atoms. The molecule has 0 aliphatic carbocycles. The normalized spacial score (nSPS) is 11.9. The number of nitrogens with one attached hydrogen (secondary N) is 1.